The maximum atomic E-state index is 13.8. The van der Waals surface area contributed by atoms with Crippen LogP contribution in [0.2, 0.25) is 0 Å². The smallest absolute Gasteiger partial charge is 0.280 e. The molecule has 8 nitrogen and oxygen atoms in total. The van der Waals surface area contributed by atoms with E-state index in [1.165, 1.54) is 4.68 Å². The predicted molar refractivity (Wildman–Crippen MR) is 136 cm³/mol. The van der Waals surface area contributed by atoms with E-state index in [4.69, 9.17) is 5.10 Å². The number of anilines is 1. The van der Waals surface area contributed by atoms with Gasteiger partial charge in [0.25, 0.3) is 5.56 Å². The minimum Gasteiger partial charge on any atom is -0.324 e. The molecule has 176 valence electrons. The van der Waals surface area contributed by atoms with Crippen LogP contribution in [0.1, 0.15) is 29.8 Å². The molecule has 0 fully saturated rings. The van der Waals surface area contributed by atoms with Crippen LogP contribution < -0.4 is 10.9 Å². The minimum absolute atomic E-state index is 0.318. The van der Waals surface area contributed by atoms with Gasteiger partial charge in [-0.05, 0) is 75.2 Å². The monoisotopic (exact) mass is 466 g/mol. The van der Waals surface area contributed by atoms with Crippen LogP contribution in [0.15, 0.2) is 77.9 Å². The van der Waals surface area contributed by atoms with Gasteiger partial charge in [-0.1, -0.05) is 24.3 Å². The summed E-state index contributed by atoms with van der Waals surface area (Å²) in [5.41, 5.74) is 4.29. The summed E-state index contributed by atoms with van der Waals surface area (Å²) < 4.78 is 4.85. The first kappa shape index (κ1) is 22.3. The number of aromatic nitrogens is 5. The number of hydrogen-bond donors (Lipinski definition) is 1. The molecule has 0 bridgehead atoms. The Labute approximate surface area is 202 Å². The lowest BCUT2D eigenvalue weighted by atomic mass is 10.1. The van der Waals surface area contributed by atoms with Gasteiger partial charge in [0.2, 0.25) is 5.91 Å². The Kier molecular flexibility index (Phi) is 5.56. The molecule has 0 spiro atoms. The van der Waals surface area contributed by atoms with Crippen molar-refractivity contribution in [2.45, 2.75) is 33.7 Å². The molecular weight excluding hydrogens is 440 g/mol. The van der Waals surface area contributed by atoms with E-state index in [1.54, 1.807) is 18.5 Å². The Hall–Kier alpha value is -4.46. The van der Waals surface area contributed by atoms with Crippen molar-refractivity contribution in [3.8, 4) is 11.5 Å². The number of amides is 1. The number of nitrogens with one attached hydrogen (secondary N) is 1. The fourth-order valence-corrected chi connectivity index (χ4v) is 4.36. The largest absolute Gasteiger partial charge is 0.324 e. The molecule has 0 saturated heterocycles. The second-order valence-electron chi connectivity index (χ2n) is 8.76. The molecule has 1 amide bonds. The van der Waals surface area contributed by atoms with Crippen molar-refractivity contribution in [2.24, 2.45) is 0 Å². The summed E-state index contributed by atoms with van der Waals surface area (Å²) in [6, 6.07) is 18.4. The second kappa shape index (κ2) is 8.72. The van der Waals surface area contributed by atoms with Gasteiger partial charge in [0.05, 0.1) is 11.4 Å². The van der Waals surface area contributed by atoms with E-state index < -0.39 is 6.04 Å². The number of fused-ring (bicyclic) bond motifs is 1. The Morgan fingerprint density at radius 3 is 2.23 bits per heavy atom. The molecule has 5 aromatic rings. The molecule has 0 saturated carbocycles. The van der Waals surface area contributed by atoms with Crippen LogP contribution in [0, 0.1) is 20.8 Å². The topological polar surface area (TPSA) is 86.7 Å². The van der Waals surface area contributed by atoms with Crippen LogP contribution in [-0.4, -0.2) is 30.0 Å². The first-order chi connectivity index (χ1) is 16.8. The van der Waals surface area contributed by atoms with Gasteiger partial charge in [-0.3, -0.25) is 9.59 Å². The van der Waals surface area contributed by atoms with Gasteiger partial charge in [0.15, 0.2) is 5.82 Å². The molecule has 0 aliphatic heterocycles. The molecule has 3 aromatic heterocycles. The van der Waals surface area contributed by atoms with E-state index in [-0.39, 0.29) is 11.5 Å². The maximum absolute atomic E-state index is 13.8. The van der Waals surface area contributed by atoms with Crippen molar-refractivity contribution in [3.63, 3.8) is 0 Å². The summed E-state index contributed by atoms with van der Waals surface area (Å²) in [5.74, 6) is 0.281. The highest BCUT2D eigenvalue weighted by Crippen LogP contribution is 2.25. The highest BCUT2D eigenvalue weighted by Gasteiger charge is 2.25. The standard InChI is InChI=1S/C27H26N6O2/c1-17-14-18(2)16-21(15-17)28-25(34)20(4)32-27(35)23-24(19(3)29-32)30-33(22-10-6-5-7-11-22)26(23)31-12-8-9-13-31/h5-16,20H,1-4H3,(H,28,34)/t20-/m1/s1. The molecule has 0 aliphatic carbocycles. The van der Waals surface area contributed by atoms with Gasteiger partial charge in [0.1, 0.15) is 16.9 Å². The summed E-state index contributed by atoms with van der Waals surface area (Å²) in [6.07, 6.45) is 3.73. The summed E-state index contributed by atoms with van der Waals surface area (Å²) in [5, 5.41) is 12.6. The molecule has 1 N–H and O–H groups in total. The zero-order chi connectivity index (χ0) is 24.7. The summed E-state index contributed by atoms with van der Waals surface area (Å²) >= 11 is 0. The number of carbonyl (C=O) groups is 1. The molecule has 0 unspecified atom stereocenters. The lowest BCUT2D eigenvalue weighted by molar-refractivity contribution is -0.119. The Bertz CT molecular complexity index is 1580. The molecule has 5 rings (SSSR count). The van der Waals surface area contributed by atoms with Crippen molar-refractivity contribution in [1.29, 1.82) is 0 Å². The van der Waals surface area contributed by atoms with Gasteiger partial charge >= 0.3 is 0 Å². The Morgan fingerprint density at radius 1 is 0.914 bits per heavy atom. The Balaban J connectivity index is 1.65. The molecule has 0 radical (unpaired) electrons. The molecule has 1 atom stereocenters. The summed E-state index contributed by atoms with van der Waals surface area (Å²) in [4.78, 5) is 26.9. The SMILES string of the molecule is Cc1cc(C)cc(NC(=O)[C@@H](C)n2nc(C)c3nn(-c4ccccc4)c(-n4cccc4)c3c2=O)c1. The summed E-state index contributed by atoms with van der Waals surface area (Å²) in [6.45, 7) is 7.42. The maximum Gasteiger partial charge on any atom is 0.280 e. The van der Waals surface area contributed by atoms with Gasteiger partial charge in [-0.2, -0.15) is 10.2 Å². The Morgan fingerprint density at radius 2 is 1.57 bits per heavy atom. The first-order valence-corrected chi connectivity index (χ1v) is 11.4. The van der Waals surface area contributed by atoms with E-state index >= 15 is 0 Å². The fourth-order valence-electron chi connectivity index (χ4n) is 4.36. The lowest BCUT2D eigenvalue weighted by Gasteiger charge is -2.16. The number of rotatable bonds is 5. The zero-order valence-electron chi connectivity index (χ0n) is 20.1. The van der Waals surface area contributed by atoms with Crippen molar-refractivity contribution < 1.29 is 4.79 Å². The van der Waals surface area contributed by atoms with Crippen molar-refractivity contribution in [2.75, 3.05) is 5.32 Å². The van der Waals surface area contributed by atoms with E-state index in [0.717, 1.165) is 16.8 Å². The normalized spacial score (nSPS) is 12.1. The molecule has 0 aliphatic rings. The number of nitrogens with zero attached hydrogens (tertiary/aromatic N) is 5. The van der Waals surface area contributed by atoms with Crippen LogP contribution in [-0.2, 0) is 4.79 Å². The van der Waals surface area contributed by atoms with Crippen molar-refractivity contribution in [3.05, 3.63) is 100 Å². The first-order valence-electron chi connectivity index (χ1n) is 11.4. The van der Waals surface area contributed by atoms with Gasteiger partial charge in [0, 0.05) is 18.1 Å². The third-order valence-corrected chi connectivity index (χ3v) is 5.97. The van der Waals surface area contributed by atoms with Crippen LogP contribution in [0.5, 0.6) is 0 Å². The lowest BCUT2D eigenvalue weighted by Crippen LogP contribution is -2.34. The highest BCUT2D eigenvalue weighted by molar-refractivity contribution is 5.94. The minimum atomic E-state index is -0.830. The second-order valence-corrected chi connectivity index (χ2v) is 8.76. The van der Waals surface area contributed by atoms with Crippen molar-refractivity contribution in [1.82, 2.24) is 24.1 Å². The van der Waals surface area contributed by atoms with E-state index in [9.17, 15) is 9.59 Å². The van der Waals surface area contributed by atoms with Crippen LogP contribution in [0.25, 0.3) is 22.4 Å². The quantitative estimate of drug-likeness (QED) is 0.413. The number of carbonyl (C=O) groups excluding carboxylic acids is 1. The average molecular weight is 467 g/mol. The third kappa shape index (κ3) is 4.03. The fraction of sp³-hybridized carbons (Fsp3) is 0.185. The highest BCUT2D eigenvalue weighted by atomic mass is 16.2. The molecule has 2 aromatic carbocycles. The van der Waals surface area contributed by atoms with Crippen LogP contribution >= 0.6 is 0 Å². The van der Waals surface area contributed by atoms with Crippen LogP contribution in [0.4, 0.5) is 5.69 Å². The molecular formula is C27H26N6O2. The summed E-state index contributed by atoms with van der Waals surface area (Å²) in [7, 11) is 0. The molecule has 3 heterocycles. The van der Waals surface area contributed by atoms with Crippen LogP contribution in [0.3, 0.4) is 0 Å². The molecule has 35 heavy (non-hydrogen) atoms. The molecule has 8 heteroatoms. The number of hydrogen-bond acceptors (Lipinski definition) is 4. The van der Waals surface area contributed by atoms with Gasteiger partial charge in [-0.15, -0.1) is 0 Å². The van der Waals surface area contributed by atoms with Crippen molar-refractivity contribution >= 4 is 22.5 Å². The third-order valence-electron chi connectivity index (χ3n) is 5.97. The number of para-hydroxylation sites is 1. The zero-order valence-corrected chi connectivity index (χ0v) is 20.1. The number of aryl methyl sites for hydroxylation is 3. The van der Waals surface area contributed by atoms with E-state index in [2.05, 4.69) is 10.4 Å². The van der Waals surface area contributed by atoms with E-state index in [1.807, 2.05) is 91.5 Å². The van der Waals surface area contributed by atoms with Gasteiger partial charge < -0.3 is 9.88 Å². The predicted octanol–water partition coefficient (Wildman–Crippen LogP) is 4.50. The number of benzene rings is 2. The van der Waals surface area contributed by atoms with E-state index in [0.29, 0.717) is 28.1 Å². The van der Waals surface area contributed by atoms with Gasteiger partial charge in [-0.25, -0.2) is 9.36 Å². The average Bonchev–Trinajstić information content (AvgIpc) is 3.49.